The number of hydrogen-bond acceptors (Lipinski definition) is 2. The van der Waals surface area contributed by atoms with Crippen LogP contribution in [0.1, 0.15) is 45.4 Å². The highest BCUT2D eigenvalue weighted by Gasteiger charge is 2.02. The zero-order valence-corrected chi connectivity index (χ0v) is 10.5. The number of nitrogens with one attached hydrogen (secondary N) is 1. The zero-order chi connectivity index (χ0) is 12.5. The van der Waals surface area contributed by atoms with Gasteiger partial charge in [-0.25, -0.2) is 0 Å². The first kappa shape index (κ1) is 13.6. The predicted molar refractivity (Wildman–Crippen MR) is 72.9 cm³/mol. The Balaban J connectivity index is 2.21. The van der Waals surface area contributed by atoms with Crippen molar-refractivity contribution in [3.05, 3.63) is 24.3 Å². The molecule has 0 spiro atoms. The summed E-state index contributed by atoms with van der Waals surface area (Å²) in [5.41, 5.74) is 7.09. The second-order valence-corrected chi connectivity index (χ2v) is 4.34. The molecule has 0 aliphatic carbocycles. The molecule has 0 saturated carbocycles. The number of nitrogens with two attached hydrogens (primary N) is 1. The minimum absolute atomic E-state index is 0.0760. The SMILES string of the molecule is CCCCCCCC(=O)Nc1cccc(N)c1. The van der Waals surface area contributed by atoms with Gasteiger partial charge < -0.3 is 11.1 Å². The second kappa shape index (κ2) is 7.71. The summed E-state index contributed by atoms with van der Waals surface area (Å²) in [6.07, 6.45) is 6.42. The van der Waals surface area contributed by atoms with E-state index in [9.17, 15) is 4.79 Å². The van der Waals surface area contributed by atoms with E-state index in [0.29, 0.717) is 12.1 Å². The minimum atomic E-state index is 0.0760. The maximum Gasteiger partial charge on any atom is 0.224 e. The molecule has 0 saturated heterocycles. The van der Waals surface area contributed by atoms with Crippen LogP contribution in [0.15, 0.2) is 24.3 Å². The molecule has 0 bridgehead atoms. The van der Waals surface area contributed by atoms with Crippen LogP contribution in [0.3, 0.4) is 0 Å². The van der Waals surface area contributed by atoms with Gasteiger partial charge in [0.2, 0.25) is 5.91 Å². The summed E-state index contributed by atoms with van der Waals surface area (Å²) in [5.74, 6) is 0.0760. The summed E-state index contributed by atoms with van der Waals surface area (Å²) in [6, 6.07) is 7.27. The van der Waals surface area contributed by atoms with Crippen LogP contribution >= 0.6 is 0 Å². The highest BCUT2D eigenvalue weighted by molar-refractivity contribution is 5.91. The number of carbonyl (C=O) groups excluding carboxylic acids is 1. The molecule has 0 aliphatic heterocycles. The van der Waals surface area contributed by atoms with Crippen molar-refractivity contribution in [1.29, 1.82) is 0 Å². The summed E-state index contributed by atoms with van der Waals surface area (Å²) in [4.78, 5) is 11.6. The minimum Gasteiger partial charge on any atom is -0.399 e. The fourth-order valence-corrected chi connectivity index (χ4v) is 1.73. The third-order valence-corrected chi connectivity index (χ3v) is 2.68. The van der Waals surface area contributed by atoms with Gasteiger partial charge in [0.25, 0.3) is 0 Å². The molecule has 3 heteroatoms. The van der Waals surface area contributed by atoms with Crippen molar-refractivity contribution in [2.75, 3.05) is 11.1 Å². The van der Waals surface area contributed by atoms with E-state index in [0.717, 1.165) is 18.5 Å². The van der Waals surface area contributed by atoms with Gasteiger partial charge in [0.15, 0.2) is 0 Å². The van der Waals surface area contributed by atoms with Crippen LogP contribution in [0.25, 0.3) is 0 Å². The smallest absolute Gasteiger partial charge is 0.224 e. The van der Waals surface area contributed by atoms with E-state index in [1.165, 1.54) is 19.3 Å². The second-order valence-electron chi connectivity index (χ2n) is 4.34. The molecule has 0 aliphatic rings. The van der Waals surface area contributed by atoms with Gasteiger partial charge in [-0.2, -0.15) is 0 Å². The lowest BCUT2D eigenvalue weighted by Gasteiger charge is -2.05. The van der Waals surface area contributed by atoms with Gasteiger partial charge in [0.05, 0.1) is 0 Å². The lowest BCUT2D eigenvalue weighted by atomic mass is 10.1. The molecule has 94 valence electrons. The van der Waals surface area contributed by atoms with E-state index in [-0.39, 0.29) is 5.91 Å². The number of nitrogen functional groups attached to an aromatic ring is 1. The molecule has 17 heavy (non-hydrogen) atoms. The molecular weight excluding hydrogens is 212 g/mol. The third-order valence-electron chi connectivity index (χ3n) is 2.68. The Labute approximate surface area is 103 Å². The molecule has 0 atom stereocenters. The molecule has 0 fully saturated rings. The Bertz CT molecular complexity index is 350. The fraction of sp³-hybridized carbons (Fsp3) is 0.500. The maximum absolute atomic E-state index is 11.6. The summed E-state index contributed by atoms with van der Waals surface area (Å²) in [7, 11) is 0. The van der Waals surface area contributed by atoms with Crippen LogP contribution in [0.5, 0.6) is 0 Å². The monoisotopic (exact) mass is 234 g/mol. The Hall–Kier alpha value is -1.51. The van der Waals surface area contributed by atoms with Crippen molar-refractivity contribution in [2.24, 2.45) is 0 Å². The number of unbranched alkanes of at least 4 members (excludes halogenated alkanes) is 4. The normalized spacial score (nSPS) is 10.2. The van der Waals surface area contributed by atoms with Gasteiger partial charge in [-0.05, 0) is 24.6 Å². The maximum atomic E-state index is 11.6. The molecule has 3 nitrogen and oxygen atoms in total. The number of amides is 1. The molecule has 1 amide bonds. The van der Waals surface area contributed by atoms with Crippen molar-refractivity contribution >= 4 is 17.3 Å². The third kappa shape index (κ3) is 5.95. The van der Waals surface area contributed by atoms with Crippen molar-refractivity contribution in [2.45, 2.75) is 45.4 Å². The molecule has 0 radical (unpaired) electrons. The van der Waals surface area contributed by atoms with Crippen molar-refractivity contribution < 1.29 is 4.79 Å². The first-order valence-electron chi connectivity index (χ1n) is 6.37. The van der Waals surface area contributed by atoms with Crippen LogP contribution in [-0.2, 0) is 4.79 Å². The molecule has 1 rings (SSSR count). The largest absolute Gasteiger partial charge is 0.399 e. The van der Waals surface area contributed by atoms with Crippen LogP contribution in [-0.4, -0.2) is 5.91 Å². The standard InChI is InChI=1S/C14H22N2O/c1-2-3-4-5-6-10-14(17)16-13-9-7-8-12(15)11-13/h7-9,11H,2-6,10,15H2,1H3,(H,16,17). The average Bonchev–Trinajstić information content (AvgIpc) is 2.29. The highest BCUT2D eigenvalue weighted by Crippen LogP contribution is 2.13. The molecule has 1 aromatic rings. The van der Waals surface area contributed by atoms with Gasteiger partial charge in [-0.1, -0.05) is 38.7 Å². The molecule has 3 N–H and O–H groups in total. The molecule has 1 aromatic carbocycles. The van der Waals surface area contributed by atoms with E-state index in [1.54, 1.807) is 12.1 Å². The van der Waals surface area contributed by atoms with Gasteiger partial charge in [-0.3, -0.25) is 4.79 Å². The van der Waals surface area contributed by atoms with Crippen molar-refractivity contribution in [1.82, 2.24) is 0 Å². The Morgan fingerprint density at radius 2 is 2.00 bits per heavy atom. The fourth-order valence-electron chi connectivity index (χ4n) is 1.73. The first-order valence-corrected chi connectivity index (χ1v) is 6.37. The lowest BCUT2D eigenvalue weighted by molar-refractivity contribution is -0.116. The molecule has 0 heterocycles. The van der Waals surface area contributed by atoms with Crippen LogP contribution < -0.4 is 11.1 Å². The number of rotatable bonds is 7. The summed E-state index contributed by atoms with van der Waals surface area (Å²) >= 11 is 0. The summed E-state index contributed by atoms with van der Waals surface area (Å²) in [6.45, 7) is 2.19. The van der Waals surface area contributed by atoms with Crippen LogP contribution in [0, 0.1) is 0 Å². The van der Waals surface area contributed by atoms with Gasteiger partial charge in [0.1, 0.15) is 0 Å². The highest BCUT2D eigenvalue weighted by atomic mass is 16.1. The molecule has 0 aromatic heterocycles. The molecule has 0 unspecified atom stereocenters. The van der Waals surface area contributed by atoms with E-state index in [2.05, 4.69) is 12.2 Å². The summed E-state index contributed by atoms with van der Waals surface area (Å²) < 4.78 is 0. The average molecular weight is 234 g/mol. The first-order chi connectivity index (χ1) is 8.22. The van der Waals surface area contributed by atoms with Gasteiger partial charge in [0, 0.05) is 17.8 Å². The number of benzene rings is 1. The van der Waals surface area contributed by atoms with E-state index >= 15 is 0 Å². The van der Waals surface area contributed by atoms with Crippen LogP contribution in [0.4, 0.5) is 11.4 Å². The van der Waals surface area contributed by atoms with Gasteiger partial charge in [-0.15, -0.1) is 0 Å². The van der Waals surface area contributed by atoms with Crippen molar-refractivity contribution in [3.63, 3.8) is 0 Å². The number of carbonyl (C=O) groups is 1. The molecular formula is C14H22N2O. The Kier molecular flexibility index (Phi) is 6.15. The van der Waals surface area contributed by atoms with Gasteiger partial charge >= 0.3 is 0 Å². The van der Waals surface area contributed by atoms with Crippen LogP contribution in [0.2, 0.25) is 0 Å². The number of hydrogen-bond donors (Lipinski definition) is 2. The quantitative estimate of drug-likeness (QED) is 0.559. The van der Waals surface area contributed by atoms with E-state index < -0.39 is 0 Å². The van der Waals surface area contributed by atoms with E-state index in [4.69, 9.17) is 5.73 Å². The Morgan fingerprint density at radius 3 is 2.71 bits per heavy atom. The number of anilines is 2. The summed E-state index contributed by atoms with van der Waals surface area (Å²) in [5, 5.41) is 2.85. The zero-order valence-electron chi connectivity index (χ0n) is 10.5. The van der Waals surface area contributed by atoms with Crippen molar-refractivity contribution in [3.8, 4) is 0 Å². The Morgan fingerprint density at radius 1 is 1.24 bits per heavy atom. The lowest BCUT2D eigenvalue weighted by Crippen LogP contribution is -2.11. The topological polar surface area (TPSA) is 55.1 Å². The predicted octanol–water partition coefficient (Wildman–Crippen LogP) is 3.57. The van der Waals surface area contributed by atoms with E-state index in [1.807, 2.05) is 12.1 Å².